The van der Waals surface area contributed by atoms with Gasteiger partial charge < -0.3 is 15.4 Å². The highest BCUT2D eigenvalue weighted by atomic mass is 16.5. The first-order chi connectivity index (χ1) is 13.9. The molecule has 0 bridgehead atoms. The maximum atomic E-state index is 12.4. The first-order valence-electron chi connectivity index (χ1n) is 9.47. The molecule has 0 saturated carbocycles. The number of nitrogens with one attached hydrogen (secondary N) is 2. The third kappa shape index (κ3) is 5.10. The van der Waals surface area contributed by atoms with E-state index in [2.05, 4.69) is 47.4 Å². The second kappa shape index (κ2) is 8.73. The smallest absolute Gasteiger partial charge is 0.254 e. The lowest BCUT2D eigenvalue weighted by Gasteiger charge is -2.22. The van der Waals surface area contributed by atoms with E-state index in [0.717, 1.165) is 17.0 Å². The van der Waals surface area contributed by atoms with Gasteiger partial charge in [-0.3, -0.25) is 4.79 Å². The molecule has 6 heteroatoms. The topological polar surface area (TPSA) is 76.1 Å². The quantitative estimate of drug-likeness (QED) is 0.650. The summed E-state index contributed by atoms with van der Waals surface area (Å²) >= 11 is 0. The zero-order chi connectivity index (χ0) is 20.9. The van der Waals surface area contributed by atoms with Crippen LogP contribution in [0.5, 0.6) is 5.75 Å². The first kappa shape index (κ1) is 20.3. The molecular formula is C23H26N4O2. The van der Waals surface area contributed by atoms with E-state index in [1.807, 2.05) is 42.5 Å². The molecule has 150 valence electrons. The number of hydrogen-bond donors (Lipinski definition) is 2. The Kier molecular flexibility index (Phi) is 6.12. The van der Waals surface area contributed by atoms with Gasteiger partial charge in [-0.2, -0.15) is 0 Å². The van der Waals surface area contributed by atoms with Crippen LogP contribution in [0.2, 0.25) is 0 Å². The molecule has 0 aliphatic rings. The van der Waals surface area contributed by atoms with Crippen molar-refractivity contribution in [3.05, 3.63) is 77.6 Å². The molecule has 1 amide bonds. The number of nitrogens with zero attached hydrogens (tertiary/aromatic N) is 2. The molecule has 1 aromatic heterocycles. The predicted molar refractivity (Wildman–Crippen MR) is 115 cm³/mol. The van der Waals surface area contributed by atoms with Crippen LogP contribution in [0.3, 0.4) is 0 Å². The molecule has 0 fully saturated rings. The van der Waals surface area contributed by atoms with Crippen molar-refractivity contribution >= 4 is 17.5 Å². The Balaban J connectivity index is 1.67. The summed E-state index contributed by atoms with van der Waals surface area (Å²) in [6.45, 7) is 6.83. The highest BCUT2D eigenvalue weighted by Gasteiger charge is 2.18. The highest BCUT2D eigenvalue weighted by Crippen LogP contribution is 2.30. The Hall–Kier alpha value is -3.41. The molecule has 0 unspecified atom stereocenters. The lowest BCUT2D eigenvalue weighted by molar-refractivity contribution is 0.0950. The number of carbonyl (C=O) groups excluding carboxylic acids is 1. The largest absolute Gasteiger partial charge is 0.496 e. The Morgan fingerprint density at radius 2 is 1.66 bits per heavy atom. The van der Waals surface area contributed by atoms with Crippen molar-refractivity contribution in [1.29, 1.82) is 0 Å². The number of rotatable bonds is 6. The number of amides is 1. The molecule has 3 rings (SSSR count). The summed E-state index contributed by atoms with van der Waals surface area (Å²) in [5.41, 5.74) is 3.41. The van der Waals surface area contributed by atoms with Crippen molar-refractivity contribution in [3.8, 4) is 5.75 Å². The van der Waals surface area contributed by atoms with E-state index in [4.69, 9.17) is 4.74 Å². The summed E-state index contributed by atoms with van der Waals surface area (Å²) in [6.07, 6.45) is 3.04. The summed E-state index contributed by atoms with van der Waals surface area (Å²) in [5.74, 6) is 0.946. The van der Waals surface area contributed by atoms with Gasteiger partial charge in [-0.25, -0.2) is 9.97 Å². The Labute approximate surface area is 171 Å². The summed E-state index contributed by atoms with van der Waals surface area (Å²) < 4.78 is 5.30. The number of aromatic nitrogens is 2. The van der Waals surface area contributed by atoms with E-state index in [1.54, 1.807) is 7.11 Å². The van der Waals surface area contributed by atoms with Crippen molar-refractivity contribution in [1.82, 2.24) is 15.3 Å². The van der Waals surface area contributed by atoms with Gasteiger partial charge in [-0.1, -0.05) is 57.2 Å². The first-order valence-corrected chi connectivity index (χ1v) is 9.47. The molecular weight excluding hydrogens is 364 g/mol. The van der Waals surface area contributed by atoms with E-state index >= 15 is 0 Å². The van der Waals surface area contributed by atoms with Crippen LogP contribution in [0.15, 0.2) is 60.9 Å². The van der Waals surface area contributed by atoms with Gasteiger partial charge in [0, 0.05) is 30.2 Å². The number of benzene rings is 2. The van der Waals surface area contributed by atoms with Gasteiger partial charge in [0.2, 0.25) is 5.95 Å². The van der Waals surface area contributed by atoms with Gasteiger partial charge >= 0.3 is 0 Å². The Morgan fingerprint density at radius 3 is 2.34 bits per heavy atom. The average Bonchev–Trinajstić information content (AvgIpc) is 2.72. The van der Waals surface area contributed by atoms with Gasteiger partial charge in [0.25, 0.3) is 5.91 Å². The molecule has 1 heterocycles. The number of para-hydroxylation sites is 2. The van der Waals surface area contributed by atoms with Gasteiger partial charge in [-0.15, -0.1) is 0 Å². The molecule has 3 aromatic rings. The third-order valence-corrected chi connectivity index (χ3v) is 4.53. The predicted octanol–water partition coefficient (Wildman–Crippen LogP) is 4.46. The zero-order valence-corrected chi connectivity index (χ0v) is 17.2. The monoisotopic (exact) mass is 390 g/mol. The normalized spacial score (nSPS) is 11.0. The minimum Gasteiger partial charge on any atom is -0.496 e. The molecule has 0 radical (unpaired) electrons. The molecule has 2 aromatic carbocycles. The van der Waals surface area contributed by atoms with Crippen molar-refractivity contribution in [2.45, 2.75) is 32.7 Å². The van der Waals surface area contributed by atoms with Crippen LogP contribution in [0.4, 0.5) is 11.6 Å². The van der Waals surface area contributed by atoms with Crippen LogP contribution < -0.4 is 15.4 Å². The van der Waals surface area contributed by atoms with E-state index < -0.39 is 0 Å². The molecule has 6 nitrogen and oxygen atoms in total. The van der Waals surface area contributed by atoms with Crippen LogP contribution in [-0.4, -0.2) is 23.0 Å². The van der Waals surface area contributed by atoms with Gasteiger partial charge in [0.05, 0.1) is 12.7 Å². The highest BCUT2D eigenvalue weighted by molar-refractivity contribution is 5.93. The van der Waals surface area contributed by atoms with E-state index in [9.17, 15) is 4.79 Å². The molecule has 0 spiro atoms. The van der Waals surface area contributed by atoms with Gasteiger partial charge in [0.15, 0.2) is 0 Å². The third-order valence-electron chi connectivity index (χ3n) is 4.53. The average molecular weight is 390 g/mol. The van der Waals surface area contributed by atoms with E-state index in [1.165, 1.54) is 18.0 Å². The van der Waals surface area contributed by atoms with Crippen LogP contribution in [0.1, 0.15) is 42.3 Å². The summed E-state index contributed by atoms with van der Waals surface area (Å²) in [4.78, 5) is 21.0. The minimum absolute atomic E-state index is 0.0120. The Bertz CT molecular complexity index is 979. The molecule has 0 atom stereocenters. The fraction of sp³-hybridized carbons (Fsp3) is 0.261. The van der Waals surface area contributed by atoms with Crippen molar-refractivity contribution in [2.24, 2.45) is 0 Å². The molecule has 0 aliphatic carbocycles. The number of methoxy groups -OCH3 is 1. The SMILES string of the molecule is COc1ccccc1CNC(=O)c1cnc(Nc2ccccc2C(C)(C)C)nc1. The maximum absolute atomic E-state index is 12.4. The lowest BCUT2D eigenvalue weighted by Crippen LogP contribution is -2.23. The summed E-state index contributed by atoms with van der Waals surface area (Å²) in [5, 5.41) is 6.12. The number of hydrogen-bond acceptors (Lipinski definition) is 5. The van der Waals surface area contributed by atoms with Crippen LogP contribution in [-0.2, 0) is 12.0 Å². The van der Waals surface area contributed by atoms with Crippen molar-refractivity contribution < 1.29 is 9.53 Å². The standard InChI is InChI=1S/C23H26N4O2/c1-23(2,3)18-10-6-7-11-19(18)27-22-25-14-17(15-26-22)21(28)24-13-16-9-5-8-12-20(16)29-4/h5-12,14-15H,13H2,1-4H3,(H,24,28)(H,25,26,27). The van der Waals surface area contributed by atoms with E-state index in [0.29, 0.717) is 18.1 Å². The maximum Gasteiger partial charge on any atom is 0.254 e. The zero-order valence-electron chi connectivity index (χ0n) is 17.2. The van der Waals surface area contributed by atoms with Crippen molar-refractivity contribution in [2.75, 3.05) is 12.4 Å². The van der Waals surface area contributed by atoms with E-state index in [-0.39, 0.29) is 11.3 Å². The Morgan fingerprint density at radius 1 is 1.00 bits per heavy atom. The fourth-order valence-electron chi connectivity index (χ4n) is 3.00. The number of anilines is 2. The van der Waals surface area contributed by atoms with Gasteiger partial charge in [0.1, 0.15) is 5.75 Å². The molecule has 0 saturated heterocycles. The molecule has 0 aliphatic heterocycles. The van der Waals surface area contributed by atoms with Crippen molar-refractivity contribution in [3.63, 3.8) is 0 Å². The summed E-state index contributed by atoms with van der Waals surface area (Å²) in [6, 6.07) is 15.6. The minimum atomic E-state index is -0.238. The van der Waals surface area contributed by atoms with Crippen LogP contribution >= 0.6 is 0 Å². The summed E-state index contributed by atoms with van der Waals surface area (Å²) in [7, 11) is 1.61. The fourth-order valence-corrected chi connectivity index (χ4v) is 3.00. The number of ether oxygens (including phenoxy) is 1. The second-order valence-corrected chi connectivity index (χ2v) is 7.71. The van der Waals surface area contributed by atoms with Crippen LogP contribution in [0.25, 0.3) is 0 Å². The van der Waals surface area contributed by atoms with Crippen LogP contribution in [0, 0.1) is 0 Å². The molecule has 2 N–H and O–H groups in total. The number of carbonyl (C=O) groups is 1. The second-order valence-electron chi connectivity index (χ2n) is 7.71. The molecule has 29 heavy (non-hydrogen) atoms. The van der Waals surface area contributed by atoms with Gasteiger partial charge in [-0.05, 0) is 23.1 Å². The lowest BCUT2D eigenvalue weighted by atomic mass is 9.86.